The SMILES string of the molecule is Cc1cc(F)ccc1-c1cc(F)c(N[C@@H]2CCCN(C)C2)nn1. The molecule has 6 heteroatoms. The molecule has 1 aliphatic heterocycles. The number of nitrogens with one attached hydrogen (secondary N) is 1. The standard InChI is InChI=1S/C17H20F2N4/c1-11-8-12(18)5-6-14(11)16-9-15(19)17(22-21-16)20-13-4-3-7-23(2)10-13/h5-6,8-9,13H,3-4,7,10H2,1-2H3,(H,20,22)/t13-/m1/s1. The third-order valence-corrected chi connectivity index (χ3v) is 4.18. The van der Waals surface area contributed by atoms with E-state index in [0.29, 0.717) is 16.8 Å². The minimum absolute atomic E-state index is 0.175. The van der Waals surface area contributed by atoms with Crippen LogP contribution in [-0.4, -0.2) is 41.3 Å². The highest BCUT2D eigenvalue weighted by Gasteiger charge is 2.19. The number of piperidine rings is 1. The number of hydrogen-bond acceptors (Lipinski definition) is 4. The molecule has 0 unspecified atom stereocenters. The van der Waals surface area contributed by atoms with Gasteiger partial charge in [0.15, 0.2) is 11.6 Å². The van der Waals surface area contributed by atoms with Crippen molar-refractivity contribution in [3.63, 3.8) is 0 Å². The van der Waals surface area contributed by atoms with Gasteiger partial charge in [-0.05, 0) is 57.1 Å². The van der Waals surface area contributed by atoms with Crippen LogP contribution in [0, 0.1) is 18.6 Å². The maximum atomic E-state index is 14.3. The van der Waals surface area contributed by atoms with E-state index in [2.05, 4.69) is 27.5 Å². The first-order chi connectivity index (χ1) is 11.0. The zero-order valence-corrected chi connectivity index (χ0v) is 13.3. The summed E-state index contributed by atoms with van der Waals surface area (Å²) in [4.78, 5) is 2.21. The van der Waals surface area contributed by atoms with Crippen LogP contribution in [0.1, 0.15) is 18.4 Å². The predicted molar refractivity (Wildman–Crippen MR) is 86.3 cm³/mol. The van der Waals surface area contributed by atoms with Crippen LogP contribution in [0.2, 0.25) is 0 Å². The fraction of sp³-hybridized carbons (Fsp3) is 0.412. The van der Waals surface area contributed by atoms with Crippen molar-refractivity contribution in [2.75, 3.05) is 25.5 Å². The summed E-state index contributed by atoms with van der Waals surface area (Å²) < 4.78 is 27.5. The molecule has 122 valence electrons. The van der Waals surface area contributed by atoms with Gasteiger partial charge in [-0.25, -0.2) is 8.78 Å². The Kier molecular flexibility index (Phi) is 4.52. The number of likely N-dealkylation sites (N-methyl/N-ethyl adjacent to an activating group) is 1. The topological polar surface area (TPSA) is 41.0 Å². The van der Waals surface area contributed by atoms with Gasteiger partial charge in [-0.15, -0.1) is 10.2 Å². The maximum Gasteiger partial charge on any atom is 0.185 e. The van der Waals surface area contributed by atoms with Crippen LogP contribution >= 0.6 is 0 Å². The molecule has 2 aromatic rings. The number of benzene rings is 1. The molecule has 0 spiro atoms. The van der Waals surface area contributed by atoms with Crippen LogP contribution in [0.5, 0.6) is 0 Å². The molecule has 3 rings (SSSR count). The van der Waals surface area contributed by atoms with Gasteiger partial charge in [0.2, 0.25) is 0 Å². The number of halogens is 2. The molecule has 1 N–H and O–H groups in total. The van der Waals surface area contributed by atoms with E-state index in [0.717, 1.165) is 25.9 Å². The summed E-state index contributed by atoms with van der Waals surface area (Å²) in [7, 11) is 2.05. The average molecular weight is 318 g/mol. The summed E-state index contributed by atoms with van der Waals surface area (Å²) in [6, 6.07) is 5.86. The minimum atomic E-state index is -0.438. The van der Waals surface area contributed by atoms with Gasteiger partial charge in [-0.3, -0.25) is 0 Å². The van der Waals surface area contributed by atoms with Crippen LogP contribution in [-0.2, 0) is 0 Å². The van der Waals surface area contributed by atoms with Crippen molar-refractivity contribution >= 4 is 5.82 Å². The number of likely N-dealkylation sites (tertiary alicyclic amines) is 1. The van der Waals surface area contributed by atoms with E-state index in [9.17, 15) is 8.78 Å². The Morgan fingerprint density at radius 1 is 1.22 bits per heavy atom. The fourth-order valence-corrected chi connectivity index (χ4v) is 2.99. The first-order valence-electron chi connectivity index (χ1n) is 7.78. The summed E-state index contributed by atoms with van der Waals surface area (Å²) in [5.74, 6) is -0.583. The molecular weight excluding hydrogens is 298 g/mol. The smallest absolute Gasteiger partial charge is 0.185 e. The molecule has 0 aliphatic carbocycles. The minimum Gasteiger partial charge on any atom is -0.362 e. The lowest BCUT2D eigenvalue weighted by Crippen LogP contribution is -2.40. The Balaban J connectivity index is 1.80. The third kappa shape index (κ3) is 3.64. The number of aromatic nitrogens is 2. The first kappa shape index (κ1) is 15.8. The van der Waals surface area contributed by atoms with Gasteiger partial charge in [-0.1, -0.05) is 0 Å². The number of aryl methyl sites for hydroxylation is 1. The number of anilines is 1. The van der Waals surface area contributed by atoms with E-state index in [1.54, 1.807) is 13.0 Å². The predicted octanol–water partition coefficient (Wildman–Crippen LogP) is 3.24. The zero-order chi connectivity index (χ0) is 16.4. The monoisotopic (exact) mass is 318 g/mol. The highest BCUT2D eigenvalue weighted by molar-refractivity contribution is 5.64. The normalized spacial score (nSPS) is 18.9. The summed E-state index contributed by atoms with van der Waals surface area (Å²) >= 11 is 0. The highest BCUT2D eigenvalue weighted by Crippen LogP contribution is 2.24. The largest absolute Gasteiger partial charge is 0.362 e. The van der Waals surface area contributed by atoms with Crippen LogP contribution in [0.3, 0.4) is 0 Å². The van der Waals surface area contributed by atoms with Crippen molar-refractivity contribution in [1.29, 1.82) is 0 Å². The van der Waals surface area contributed by atoms with Crippen molar-refractivity contribution < 1.29 is 8.78 Å². The molecular formula is C17H20F2N4. The molecule has 1 aliphatic rings. The lowest BCUT2D eigenvalue weighted by molar-refractivity contribution is 0.260. The summed E-state index contributed by atoms with van der Waals surface area (Å²) in [6.07, 6.45) is 2.07. The molecule has 23 heavy (non-hydrogen) atoms. The first-order valence-corrected chi connectivity index (χ1v) is 7.78. The number of nitrogens with zero attached hydrogens (tertiary/aromatic N) is 3. The second-order valence-electron chi connectivity index (χ2n) is 6.13. The molecule has 1 atom stereocenters. The average Bonchev–Trinajstić information content (AvgIpc) is 2.49. The quantitative estimate of drug-likeness (QED) is 0.943. The number of hydrogen-bond donors (Lipinski definition) is 1. The van der Waals surface area contributed by atoms with Gasteiger partial charge in [-0.2, -0.15) is 0 Å². The van der Waals surface area contributed by atoms with E-state index < -0.39 is 5.82 Å². The van der Waals surface area contributed by atoms with E-state index in [4.69, 9.17) is 0 Å². The summed E-state index contributed by atoms with van der Waals surface area (Å²) in [5.41, 5.74) is 1.79. The fourth-order valence-electron chi connectivity index (χ4n) is 2.99. The molecule has 4 nitrogen and oxygen atoms in total. The maximum absolute atomic E-state index is 14.3. The van der Waals surface area contributed by atoms with Crippen LogP contribution in [0.15, 0.2) is 24.3 Å². The zero-order valence-electron chi connectivity index (χ0n) is 13.3. The van der Waals surface area contributed by atoms with Gasteiger partial charge in [0.25, 0.3) is 0 Å². The van der Waals surface area contributed by atoms with Crippen molar-refractivity contribution in [1.82, 2.24) is 15.1 Å². The van der Waals surface area contributed by atoms with Crippen molar-refractivity contribution in [2.24, 2.45) is 0 Å². The van der Waals surface area contributed by atoms with Gasteiger partial charge in [0.1, 0.15) is 5.82 Å². The van der Waals surface area contributed by atoms with E-state index in [-0.39, 0.29) is 17.7 Å². The molecule has 0 saturated carbocycles. The second-order valence-corrected chi connectivity index (χ2v) is 6.13. The van der Waals surface area contributed by atoms with Gasteiger partial charge in [0, 0.05) is 24.2 Å². The third-order valence-electron chi connectivity index (χ3n) is 4.18. The van der Waals surface area contributed by atoms with Gasteiger partial charge < -0.3 is 10.2 Å². The van der Waals surface area contributed by atoms with E-state index in [1.807, 2.05) is 0 Å². The Morgan fingerprint density at radius 3 is 2.74 bits per heavy atom. The summed E-state index contributed by atoms with van der Waals surface area (Å²) in [6.45, 7) is 3.69. The van der Waals surface area contributed by atoms with Crippen molar-refractivity contribution in [3.8, 4) is 11.3 Å². The number of rotatable bonds is 3. The lowest BCUT2D eigenvalue weighted by Gasteiger charge is -2.30. The van der Waals surface area contributed by atoms with Crippen molar-refractivity contribution in [3.05, 3.63) is 41.5 Å². The van der Waals surface area contributed by atoms with Crippen LogP contribution in [0.25, 0.3) is 11.3 Å². The summed E-state index contributed by atoms with van der Waals surface area (Å²) in [5, 5.41) is 11.2. The van der Waals surface area contributed by atoms with Crippen LogP contribution < -0.4 is 5.32 Å². The molecule has 0 bridgehead atoms. The molecule has 1 aromatic carbocycles. The van der Waals surface area contributed by atoms with E-state index >= 15 is 0 Å². The second kappa shape index (κ2) is 6.58. The molecule has 0 amide bonds. The van der Waals surface area contributed by atoms with E-state index in [1.165, 1.54) is 18.2 Å². The molecule has 1 fully saturated rings. The Labute approximate surface area is 134 Å². The van der Waals surface area contributed by atoms with Gasteiger partial charge >= 0.3 is 0 Å². The highest BCUT2D eigenvalue weighted by atomic mass is 19.1. The van der Waals surface area contributed by atoms with Crippen molar-refractivity contribution in [2.45, 2.75) is 25.8 Å². The Bertz CT molecular complexity index is 705. The van der Waals surface area contributed by atoms with Crippen LogP contribution in [0.4, 0.5) is 14.6 Å². The molecule has 2 heterocycles. The van der Waals surface area contributed by atoms with Gasteiger partial charge in [0.05, 0.1) is 5.69 Å². The Hall–Kier alpha value is -2.08. The lowest BCUT2D eigenvalue weighted by atomic mass is 10.0. The molecule has 0 radical (unpaired) electrons. The Morgan fingerprint density at radius 2 is 2.04 bits per heavy atom. The molecule has 1 aromatic heterocycles. The molecule has 1 saturated heterocycles.